The third-order valence-corrected chi connectivity index (χ3v) is 1.60. The summed E-state index contributed by atoms with van der Waals surface area (Å²) in [5.41, 5.74) is 0. The van der Waals surface area contributed by atoms with Gasteiger partial charge in [0.15, 0.2) is 6.54 Å². The fourth-order valence-electron chi connectivity index (χ4n) is 0.790. The van der Waals surface area contributed by atoms with Crippen molar-refractivity contribution in [1.82, 2.24) is 0 Å². The molecule has 0 aliphatic carbocycles. The largest absolute Gasteiger partial charge is 0.425 e. The van der Waals surface area contributed by atoms with Gasteiger partial charge in [0.2, 0.25) is 0 Å². The highest BCUT2D eigenvalue weighted by Gasteiger charge is 2.30. The van der Waals surface area contributed by atoms with Gasteiger partial charge >= 0.3 is 12.0 Å². The molecule has 0 aromatic carbocycles. The van der Waals surface area contributed by atoms with Gasteiger partial charge in [-0.25, -0.2) is 0 Å². The number of nitrogens with zero attached hydrogens (tertiary/aromatic N) is 1. The van der Waals surface area contributed by atoms with Crippen LogP contribution in [0.5, 0.6) is 0 Å². The summed E-state index contributed by atoms with van der Waals surface area (Å²) in [5.74, 6) is -0.116. The van der Waals surface area contributed by atoms with Crippen molar-refractivity contribution in [2.75, 3.05) is 11.9 Å². The summed E-state index contributed by atoms with van der Waals surface area (Å²) in [7, 11) is 0. The fraction of sp³-hybridized carbons (Fsp3) is 0.286. The molecule has 0 radical (unpaired) electrons. The maximum Gasteiger partial charge on any atom is 0.425 e. The van der Waals surface area contributed by atoms with Crippen LogP contribution in [0.15, 0.2) is 18.3 Å². The van der Waals surface area contributed by atoms with Crippen molar-refractivity contribution >= 4 is 17.4 Å². The molecule has 3 nitrogen and oxygen atoms in total. The molecule has 14 heavy (non-hydrogen) atoms. The van der Waals surface area contributed by atoms with Crippen molar-refractivity contribution in [3.8, 4) is 0 Å². The van der Waals surface area contributed by atoms with E-state index in [4.69, 9.17) is 16.8 Å². The first-order chi connectivity index (χ1) is 6.38. The van der Waals surface area contributed by atoms with Gasteiger partial charge in [0, 0.05) is 12.1 Å². The van der Waals surface area contributed by atoms with Crippen LogP contribution in [0.2, 0.25) is 5.02 Å². The highest BCUT2D eigenvalue weighted by atomic mass is 35.5. The predicted molar refractivity (Wildman–Crippen MR) is 43.4 cm³/mol. The number of aromatic nitrogens is 1. The number of nitrogens with one attached hydrogen (secondary N) is 1. The first-order valence-electron chi connectivity index (χ1n) is 3.59. The Morgan fingerprint density at radius 1 is 1.50 bits per heavy atom. The number of hydrogen-bond acceptors (Lipinski definition) is 2. The number of halogens is 4. The number of alkyl halides is 3. The molecule has 0 saturated carbocycles. The Hall–Kier alpha value is -1.17. The zero-order chi connectivity index (χ0) is 10.8. The normalized spacial score (nSPS) is 11.4. The lowest BCUT2D eigenvalue weighted by Gasteiger charge is -2.04. The lowest BCUT2D eigenvalue weighted by molar-refractivity contribution is -0.893. The molecule has 0 aliphatic rings. The van der Waals surface area contributed by atoms with Crippen molar-refractivity contribution in [3.05, 3.63) is 23.4 Å². The lowest BCUT2D eigenvalue weighted by Crippen LogP contribution is -2.36. The van der Waals surface area contributed by atoms with Gasteiger partial charge in [-0.3, -0.25) is 5.32 Å². The van der Waals surface area contributed by atoms with Crippen LogP contribution in [0.4, 0.5) is 19.0 Å². The van der Waals surface area contributed by atoms with E-state index >= 15 is 0 Å². The Morgan fingerprint density at radius 3 is 2.71 bits per heavy atom. The first kappa shape index (κ1) is 10.9. The van der Waals surface area contributed by atoms with Gasteiger partial charge in [-0.2, -0.15) is 13.2 Å². The maximum absolute atomic E-state index is 11.8. The second kappa shape index (κ2) is 3.91. The molecule has 2 N–H and O–H groups in total. The second-order valence-corrected chi connectivity index (χ2v) is 2.98. The van der Waals surface area contributed by atoms with E-state index in [1.54, 1.807) is 0 Å². The summed E-state index contributed by atoms with van der Waals surface area (Å²) < 4.78 is 35.9. The lowest BCUT2D eigenvalue weighted by atomic mass is 10.4. The van der Waals surface area contributed by atoms with Gasteiger partial charge in [0.1, 0.15) is 6.20 Å². The van der Waals surface area contributed by atoms with E-state index in [2.05, 4.69) is 0 Å². The van der Waals surface area contributed by atoms with E-state index in [-0.39, 0.29) is 10.8 Å². The Labute approximate surface area is 82.7 Å². The Morgan fingerprint density at radius 2 is 2.14 bits per heavy atom. The third-order valence-electron chi connectivity index (χ3n) is 1.37. The molecule has 7 heteroatoms. The highest BCUT2D eigenvalue weighted by molar-refractivity contribution is 6.30. The van der Waals surface area contributed by atoms with E-state index in [9.17, 15) is 13.2 Å². The highest BCUT2D eigenvalue weighted by Crippen LogP contribution is 2.16. The second-order valence-electron chi connectivity index (χ2n) is 2.54. The van der Waals surface area contributed by atoms with Crippen LogP contribution in [0.25, 0.3) is 0 Å². The van der Waals surface area contributed by atoms with Crippen molar-refractivity contribution in [1.29, 1.82) is 0 Å². The van der Waals surface area contributed by atoms with Crippen LogP contribution in [-0.4, -0.2) is 17.9 Å². The molecule has 0 bridgehead atoms. The van der Waals surface area contributed by atoms with Crippen LogP contribution in [0.1, 0.15) is 0 Å². The van der Waals surface area contributed by atoms with E-state index in [0.29, 0.717) is 4.73 Å². The van der Waals surface area contributed by atoms with Crippen molar-refractivity contribution < 1.29 is 23.1 Å². The monoisotopic (exact) mass is 227 g/mol. The van der Waals surface area contributed by atoms with Crippen molar-refractivity contribution in [2.24, 2.45) is 0 Å². The number of anilines is 1. The fourth-order valence-corrected chi connectivity index (χ4v) is 0.949. The van der Waals surface area contributed by atoms with Crippen LogP contribution < -0.4 is 10.0 Å². The topological polar surface area (TPSA) is 36.1 Å². The molecule has 0 atom stereocenters. The van der Waals surface area contributed by atoms with Crippen LogP contribution in [-0.2, 0) is 0 Å². The minimum atomic E-state index is -4.34. The van der Waals surface area contributed by atoms with E-state index < -0.39 is 12.7 Å². The molecule has 0 aliphatic heterocycles. The van der Waals surface area contributed by atoms with Gasteiger partial charge in [-0.15, -0.1) is 0 Å². The van der Waals surface area contributed by atoms with Crippen molar-refractivity contribution in [2.45, 2.75) is 6.18 Å². The maximum atomic E-state index is 11.8. The Bertz CT molecular complexity index is 329. The van der Waals surface area contributed by atoms with Crippen molar-refractivity contribution in [3.63, 3.8) is 0 Å². The summed E-state index contributed by atoms with van der Waals surface area (Å²) in [6, 6.07) is 2.54. The molecule has 0 fully saturated rings. The average molecular weight is 228 g/mol. The molecule has 0 saturated heterocycles. The summed E-state index contributed by atoms with van der Waals surface area (Å²) in [5, 5.41) is 11.3. The Kier molecular flexibility index (Phi) is 3.05. The minimum Gasteiger partial charge on any atom is -0.350 e. The molecule has 1 rings (SSSR count). The van der Waals surface area contributed by atoms with Gasteiger partial charge in [-0.1, -0.05) is 16.3 Å². The number of rotatable bonds is 2. The van der Waals surface area contributed by atoms with E-state index in [1.165, 1.54) is 12.1 Å². The van der Waals surface area contributed by atoms with Crippen LogP contribution in [0.3, 0.4) is 0 Å². The molecule has 1 heterocycles. The molecule has 0 spiro atoms. The molecular formula is C7H7ClF3N2O+. The predicted octanol–water partition coefficient (Wildman–Crippen LogP) is 1.84. The van der Waals surface area contributed by atoms with Gasteiger partial charge in [0.25, 0.3) is 0 Å². The average Bonchev–Trinajstić information content (AvgIpc) is 2.05. The quantitative estimate of drug-likeness (QED) is 0.598. The molecule has 1 aromatic heterocycles. The summed E-state index contributed by atoms with van der Waals surface area (Å²) in [6.45, 7) is -1.23. The summed E-state index contributed by atoms with van der Waals surface area (Å²) in [6.07, 6.45) is -3.20. The Balaban J connectivity index is 2.72. The standard InChI is InChI=1S/C7H6ClF3N2O/c8-5-1-2-13(14)6(3-5)12-4-7(9,10)11/h1-3,14H,4H2/p+1. The van der Waals surface area contributed by atoms with Gasteiger partial charge in [-0.05, 0) is 0 Å². The zero-order valence-corrected chi connectivity index (χ0v) is 7.60. The molecule has 0 unspecified atom stereocenters. The molecule has 78 valence electrons. The van der Waals surface area contributed by atoms with Crippen LogP contribution in [0, 0.1) is 0 Å². The number of pyridine rings is 1. The molecule has 0 amide bonds. The summed E-state index contributed by atoms with van der Waals surface area (Å²) in [4.78, 5) is 0. The first-order valence-corrected chi connectivity index (χ1v) is 3.97. The van der Waals surface area contributed by atoms with Crippen LogP contribution >= 0.6 is 11.6 Å². The molecular weight excluding hydrogens is 221 g/mol. The third kappa shape index (κ3) is 3.29. The van der Waals surface area contributed by atoms with Gasteiger partial charge < -0.3 is 5.21 Å². The summed E-state index contributed by atoms with van der Waals surface area (Å²) >= 11 is 5.52. The minimum absolute atomic E-state index is 0.116. The number of hydrogen-bond donors (Lipinski definition) is 2. The smallest absolute Gasteiger partial charge is 0.350 e. The van der Waals surface area contributed by atoms with E-state index in [0.717, 1.165) is 6.20 Å². The van der Waals surface area contributed by atoms with E-state index in [1.807, 2.05) is 5.32 Å². The SMILES string of the molecule is O[n+]1ccc(Cl)cc1NCC(F)(F)F. The van der Waals surface area contributed by atoms with Gasteiger partial charge in [0.05, 0.1) is 5.02 Å². The molecule has 1 aromatic rings. The zero-order valence-electron chi connectivity index (χ0n) is 6.85.